The van der Waals surface area contributed by atoms with Crippen LogP contribution in [0.15, 0.2) is 52.1 Å². The van der Waals surface area contributed by atoms with Gasteiger partial charge in [-0.3, -0.25) is 4.72 Å². The van der Waals surface area contributed by atoms with Gasteiger partial charge in [0.1, 0.15) is 11.2 Å². The van der Waals surface area contributed by atoms with Crippen LogP contribution in [0.25, 0.3) is 5.69 Å². The lowest BCUT2D eigenvalue weighted by Gasteiger charge is -2.06. The highest BCUT2D eigenvalue weighted by molar-refractivity contribution is 7.92. The molecule has 0 aliphatic rings. The average molecular weight is 318 g/mol. The molecule has 1 aromatic carbocycles. The second kappa shape index (κ2) is 5.30. The summed E-state index contributed by atoms with van der Waals surface area (Å²) in [6.07, 6.45) is 1.30. The van der Waals surface area contributed by atoms with Gasteiger partial charge in [-0.15, -0.1) is 0 Å². The molecule has 3 rings (SSSR count). The first-order valence-corrected chi connectivity index (χ1v) is 8.02. The fraction of sp³-hybridized carbons (Fsp3) is 0.143. The summed E-state index contributed by atoms with van der Waals surface area (Å²) < 4.78 is 33.7. The van der Waals surface area contributed by atoms with E-state index < -0.39 is 10.0 Å². The fourth-order valence-electron chi connectivity index (χ4n) is 2.29. The van der Waals surface area contributed by atoms with Crippen molar-refractivity contribution in [3.05, 3.63) is 54.0 Å². The van der Waals surface area contributed by atoms with Gasteiger partial charge in [0, 0.05) is 6.07 Å². The van der Waals surface area contributed by atoms with Gasteiger partial charge in [0.2, 0.25) is 0 Å². The van der Waals surface area contributed by atoms with Crippen LogP contribution in [-0.2, 0) is 10.0 Å². The summed E-state index contributed by atoms with van der Waals surface area (Å²) in [5.74, 6) is 0.131. The summed E-state index contributed by atoms with van der Waals surface area (Å²) in [5, 5.41) is 7.89. The number of nitrogens with one attached hydrogen (secondary N) is 1. The van der Waals surface area contributed by atoms with E-state index in [1.54, 1.807) is 18.5 Å². The number of sulfonamides is 1. The first-order valence-electron chi connectivity index (χ1n) is 6.54. The Morgan fingerprint density at radius 2 is 1.86 bits per heavy atom. The van der Waals surface area contributed by atoms with Gasteiger partial charge < -0.3 is 4.52 Å². The van der Waals surface area contributed by atoms with E-state index in [1.807, 2.05) is 30.3 Å². The van der Waals surface area contributed by atoms with E-state index in [0.717, 1.165) is 5.69 Å². The predicted molar refractivity (Wildman–Crippen MR) is 80.3 cm³/mol. The molecule has 114 valence electrons. The monoisotopic (exact) mass is 318 g/mol. The van der Waals surface area contributed by atoms with Crippen molar-refractivity contribution < 1.29 is 12.9 Å². The maximum absolute atomic E-state index is 12.5. The van der Waals surface area contributed by atoms with Crippen molar-refractivity contribution >= 4 is 15.8 Å². The lowest BCUT2D eigenvalue weighted by molar-refractivity contribution is 0.423. The van der Waals surface area contributed by atoms with Gasteiger partial charge in [0.25, 0.3) is 10.0 Å². The quantitative estimate of drug-likeness (QED) is 0.797. The summed E-state index contributed by atoms with van der Waals surface area (Å²) in [7, 11) is -3.79. The van der Waals surface area contributed by atoms with Crippen molar-refractivity contribution in [2.24, 2.45) is 0 Å². The summed E-state index contributed by atoms with van der Waals surface area (Å²) in [6, 6.07) is 10.8. The standard InChI is InChI=1S/C14H14N4O3S/c1-10-14(22(19,20)17-13-8-9-21-16-13)11(2)18(15-10)12-6-4-3-5-7-12/h3-9H,1-2H3,(H,16,17). The van der Waals surface area contributed by atoms with Crippen molar-refractivity contribution in [2.75, 3.05) is 4.72 Å². The van der Waals surface area contributed by atoms with Crippen LogP contribution in [0.1, 0.15) is 11.4 Å². The molecule has 0 bridgehead atoms. The molecule has 0 saturated carbocycles. The Hall–Kier alpha value is -2.61. The molecule has 8 heteroatoms. The third-order valence-corrected chi connectivity index (χ3v) is 4.78. The normalized spacial score (nSPS) is 11.5. The van der Waals surface area contributed by atoms with E-state index in [1.165, 1.54) is 12.3 Å². The Morgan fingerprint density at radius 3 is 2.50 bits per heavy atom. The van der Waals surface area contributed by atoms with E-state index in [2.05, 4.69) is 19.5 Å². The van der Waals surface area contributed by atoms with Crippen molar-refractivity contribution in [3.8, 4) is 5.69 Å². The second-order valence-corrected chi connectivity index (χ2v) is 6.36. The number of benzene rings is 1. The van der Waals surface area contributed by atoms with Crippen LogP contribution < -0.4 is 4.72 Å². The molecule has 1 N–H and O–H groups in total. The summed E-state index contributed by atoms with van der Waals surface area (Å²) in [6.45, 7) is 3.37. The molecule has 3 aromatic rings. The van der Waals surface area contributed by atoms with Crippen LogP contribution in [0.5, 0.6) is 0 Å². The largest absolute Gasteiger partial charge is 0.363 e. The molecular formula is C14H14N4O3S. The van der Waals surface area contributed by atoms with Gasteiger partial charge in [-0.25, -0.2) is 13.1 Å². The number of anilines is 1. The van der Waals surface area contributed by atoms with E-state index in [0.29, 0.717) is 11.4 Å². The van der Waals surface area contributed by atoms with Gasteiger partial charge in [0.15, 0.2) is 5.82 Å². The maximum Gasteiger partial charge on any atom is 0.266 e. The third-order valence-electron chi connectivity index (χ3n) is 3.17. The number of aromatic nitrogens is 3. The van der Waals surface area contributed by atoms with Gasteiger partial charge >= 0.3 is 0 Å². The van der Waals surface area contributed by atoms with Crippen molar-refractivity contribution in [1.82, 2.24) is 14.9 Å². The first-order chi connectivity index (χ1) is 10.5. The zero-order chi connectivity index (χ0) is 15.7. The van der Waals surface area contributed by atoms with Crippen molar-refractivity contribution in [3.63, 3.8) is 0 Å². The summed E-state index contributed by atoms with van der Waals surface area (Å²) >= 11 is 0. The molecule has 0 fully saturated rings. The molecule has 22 heavy (non-hydrogen) atoms. The Balaban J connectivity index is 2.07. The van der Waals surface area contributed by atoms with Crippen LogP contribution in [0.4, 0.5) is 5.82 Å². The van der Waals surface area contributed by atoms with Gasteiger partial charge in [-0.1, -0.05) is 23.4 Å². The van der Waals surface area contributed by atoms with Crippen molar-refractivity contribution in [2.45, 2.75) is 18.7 Å². The minimum atomic E-state index is -3.79. The highest BCUT2D eigenvalue weighted by atomic mass is 32.2. The van der Waals surface area contributed by atoms with Crippen LogP contribution in [0, 0.1) is 13.8 Å². The first kappa shape index (κ1) is 14.3. The molecule has 0 radical (unpaired) electrons. The average Bonchev–Trinajstić information content (AvgIpc) is 3.07. The number of hydrogen-bond acceptors (Lipinski definition) is 5. The van der Waals surface area contributed by atoms with Gasteiger partial charge in [-0.05, 0) is 26.0 Å². The fourth-order valence-corrected chi connectivity index (χ4v) is 3.68. The smallest absolute Gasteiger partial charge is 0.266 e. The Morgan fingerprint density at radius 1 is 1.14 bits per heavy atom. The lowest BCUT2D eigenvalue weighted by atomic mass is 10.3. The van der Waals surface area contributed by atoms with Crippen LogP contribution in [0.3, 0.4) is 0 Å². The van der Waals surface area contributed by atoms with Crippen molar-refractivity contribution in [1.29, 1.82) is 0 Å². The number of aryl methyl sites for hydroxylation is 1. The van der Waals surface area contributed by atoms with Crippen LogP contribution in [-0.4, -0.2) is 23.4 Å². The highest BCUT2D eigenvalue weighted by Crippen LogP contribution is 2.24. The van der Waals surface area contributed by atoms with E-state index in [9.17, 15) is 8.42 Å². The number of nitrogens with zero attached hydrogens (tertiary/aromatic N) is 3. The molecule has 0 aliphatic heterocycles. The number of para-hydroxylation sites is 1. The molecular weight excluding hydrogens is 304 g/mol. The number of hydrogen-bond donors (Lipinski definition) is 1. The minimum Gasteiger partial charge on any atom is -0.363 e. The molecule has 2 heterocycles. The van der Waals surface area contributed by atoms with E-state index in [4.69, 9.17) is 0 Å². The molecule has 0 aliphatic carbocycles. The molecule has 0 saturated heterocycles. The molecule has 0 amide bonds. The molecule has 0 unspecified atom stereocenters. The summed E-state index contributed by atoms with van der Waals surface area (Å²) in [4.78, 5) is 0.138. The molecule has 0 spiro atoms. The SMILES string of the molecule is Cc1nn(-c2ccccc2)c(C)c1S(=O)(=O)Nc1ccon1. The van der Waals surface area contributed by atoms with Gasteiger partial charge in [-0.2, -0.15) is 5.10 Å². The Labute approximate surface area is 127 Å². The highest BCUT2D eigenvalue weighted by Gasteiger charge is 2.25. The van der Waals surface area contributed by atoms with Crippen LogP contribution >= 0.6 is 0 Å². The second-order valence-electron chi connectivity index (χ2n) is 4.74. The topological polar surface area (TPSA) is 90.0 Å². The Kier molecular flexibility index (Phi) is 3.45. The molecule has 7 nitrogen and oxygen atoms in total. The Bertz CT molecular complexity index is 884. The minimum absolute atomic E-state index is 0.131. The predicted octanol–water partition coefficient (Wildman–Crippen LogP) is 2.28. The van der Waals surface area contributed by atoms with E-state index >= 15 is 0 Å². The van der Waals surface area contributed by atoms with E-state index in [-0.39, 0.29) is 10.7 Å². The third kappa shape index (κ3) is 2.48. The lowest BCUT2D eigenvalue weighted by Crippen LogP contribution is -2.15. The van der Waals surface area contributed by atoms with Crippen LogP contribution in [0.2, 0.25) is 0 Å². The maximum atomic E-state index is 12.5. The molecule has 2 aromatic heterocycles. The zero-order valence-corrected chi connectivity index (χ0v) is 12.8. The van der Waals surface area contributed by atoms with Gasteiger partial charge in [0.05, 0.1) is 17.1 Å². The zero-order valence-electron chi connectivity index (χ0n) is 12.0. The molecule has 0 atom stereocenters. The number of rotatable bonds is 4. The summed E-state index contributed by atoms with van der Waals surface area (Å²) in [5.41, 5.74) is 1.74.